The van der Waals surface area contributed by atoms with E-state index in [2.05, 4.69) is 39.5 Å². The molecule has 0 fully saturated rings. The number of fused-ring (bicyclic) bond motifs is 1. The number of rotatable bonds is 4. The molecule has 126 valence electrons. The lowest BCUT2D eigenvalue weighted by Gasteiger charge is -2.23. The fourth-order valence-corrected chi connectivity index (χ4v) is 3.12. The summed E-state index contributed by atoms with van der Waals surface area (Å²) in [5, 5.41) is 3.43. The van der Waals surface area contributed by atoms with Crippen molar-refractivity contribution in [1.82, 2.24) is 5.32 Å². The van der Waals surface area contributed by atoms with E-state index in [1.165, 1.54) is 11.3 Å². The van der Waals surface area contributed by atoms with Crippen molar-refractivity contribution in [2.45, 2.75) is 13.0 Å². The molecule has 0 aromatic heterocycles. The molecule has 1 heterocycles. The highest BCUT2D eigenvalue weighted by atomic mass is 16.5. The number of nitrogens with one attached hydrogen (secondary N) is 1. The molecule has 0 bridgehead atoms. The van der Waals surface area contributed by atoms with E-state index in [-0.39, 0.29) is 0 Å². The molecule has 0 saturated heterocycles. The molecule has 5 nitrogen and oxygen atoms in total. The Balaban J connectivity index is 1.77. The van der Waals surface area contributed by atoms with Crippen LogP contribution in [0.3, 0.4) is 0 Å². The minimum absolute atomic E-state index is 0.617. The minimum Gasteiger partial charge on any atom is -0.493 e. The molecule has 1 aliphatic rings. The summed E-state index contributed by atoms with van der Waals surface area (Å²) in [6.07, 6.45) is 1.04. The summed E-state index contributed by atoms with van der Waals surface area (Å²) >= 11 is 0. The number of hydrogen-bond donors (Lipinski definition) is 1. The molecular formula is C19H23N3O2. The van der Waals surface area contributed by atoms with Crippen LogP contribution < -0.4 is 19.7 Å². The van der Waals surface area contributed by atoms with Gasteiger partial charge >= 0.3 is 0 Å². The van der Waals surface area contributed by atoms with Gasteiger partial charge in [0.1, 0.15) is 0 Å². The standard InChI is InChI=1S/C19H23N3O2/c1-20-19(22-12-11-14-7-4-5-9-16(14)22)21-13-15-8-6-10-17(23-2)18(15)24-3/h4-10H,11-13H2,1-3H3,(H,20,21). The molecule has 0 atom stereocenters. The van der Waals surface area contributed by atoms with E-state index in [0.29, 0.717) is 6.54 Å². The van der Waals surface area contributed by atoms with E-state index in [9.17, 15) is 0 Å². The third-order valence-electron chi connectivity index (χ3n) is 4.28. The van der Waals surface area contributed by atoms with E-state index in [4.69, 9.17) is 9.47 Å². The number of ether oxygens (including phenoxy) is 2. The van der Waals surface area contributed by atoms with Crippen molar-refractivity contribution in [3.63, 3.8) is 0 Å². The van der Waals surface area contributed by atoms with Crippen LogP contribution in [0.25, 0.3) is 0 Å². The first-order valence-electron chi connectivity index (χ1n) is 8.04. The number of para-hydroxylation sites is 2. The molecule has 1 aliphatic heterocycles. The molecule has 24 heavy (non-hydrogen) atoms. The first-order valence-corrected chi connectivity index (χ1v) is 8.04. The lowest BCUT2D eigenvalue weighted by atomic mass is 10.2. The van der Waals surface area contributed by atoms with Gasteiger partial charge in [0.25, 0.3) is 0 Å². The van der Waals surface area contributed by atoms with Crippen molar-refractivity contribution in [3.8, 4) is 11.5 Å². The number of benzene rings is 2. The maximum atomic E-state index is 5.50. The van der Waals surface area contributed by atoms with Gasteiger partial charge in [0, 0.05) is 31.4 Å². The Kier molecular flexibility index (Phi) is 4.89. The Bertz CT molecular complexity index is 743. The number of guanidine groups is 1. The molecule has 2 aromatic carbocycles. The van der Waals surface area contributed by atoms with Gasteiger partial charge in [0.05, 0.1) is 14.2 Å². The maximum absolute atomic E-state index is 5.50. The molecule has 0 aliphatic carbocycles. The quantitative estimate of drug-likeness (QED) is 0.693. The van der Waals surface area contributed by atoms with Gasteiger partial charge in [-0.3, -0.25) is 4.99 Å². The summed E-state index contributed by atoms with van der Waals surface area (Å²) in [4.78, 5) is 6.67. The van der Waals surface area contributed by atoms with Crippen LogP contribution in [0.15, 0.2) is 47.5 Å². The predicted molar refractivity (Wildman–Crippen MR) is 97.2 cm³/mol. The predicted octanol–water partition coefficient (Wildman–Crippen LogP) is 2.84. The van der Waals surface area contributed by atoms with Crippen LogP contribution in [0.5, 0.6) is 11.5 Å². The molecule has 0 radical (unpaired) electrons. The monoisotopic (exact) mass is 325 g/mol. The fourth-order valence-electron chi connectivity index (χ4n) is 3.12. The highest BCUT2D eigenvalue weighted by molar-refractivity contribution is 5.97. The van der Waals surface area contributed by atoms with Gasteiger partial charge in [-0.15, -0.1) is 0 Å². The van der Waals surface area contributed by atoms with Crippen molar-refractivity contribution in [2.75, 3.05) is 32.7 Å². The number of anilines is 1. The topological polar surface area (TPSA) is 46.1 Å². The lowest BCUT2D eigenvalue weighted by molar-refractivity contribution is 0.351. The summed E-state index contributed by atoms with van der Waals surface area (Å²) < 4.78 is 10.9. The van der Waals surface area contributed by atoms with Crippen LogP contribution >= 0.6 is 0 Å². The third-order valence-corrected chi connectivity index (χ3v) is 4.28. The fraction of sp³-hybridized carbons (Fsp3) is 0.316. The molecule has 0 unspecified atom stereocenters. The summed E-state index contributed by atoms with van der Waals surface area (Å²) in [5.74, 6) is 2.35. The third kappa shape index (κ3) is 3.02. The van der Waals surface area contributed by atoms with Gasteiger partial charge in [-0.25, -0.2) is 0 Å². The Labute approximate surface area is 142 Å². The highest BCUT2D eigenvalue weighted by Gasteiger charge is 2.22. The lowest BCUT2D eigenvalue weighted by Crippen LogP contribution is -2.40. The average molecular weight is 325 g/mol. The van der Waals surface area contributed by atoms with Crippen molar-refractivity contribution < 1.29 is 9.47 Å². The van der Waals surface area contributed by atoms with E-state index in [1.807, 2.05) is 25.2 Å². The first-order chi connectivity index (χ1) is 11.8. The Morgan fingerprint density at radius 1 is 1.12 bits per heavy atom. The summed E-state index contributed by atoms with van der Waals surface area (Å²) in [6, 6.07) is 14.4. The van der Waals surface area contributed by atoms with E-state index >= 15 is 0 Å². The molecule has 0 amide bonds. The van der Waals surface area contributed by atoms with Crippen molar-refractivity contribution in [2.24, 2.45) is 4.99 Å². The van der Waals surface area contributed by atoms with Crippen LogP contribution in [0.1, 0.15) is 11.1 Å². The zero-order valence-corrected chi connectivity index (χ0v) is 14.4. The second kappa shape index (κ2) is 7.25. The Hall–Kier alpha value is -2.69. The van der Waals surface area contributed by atoms with Gasteiger partial charge in [-0.2, -0.15) is 0 Å². The van der Waals surface area contributed by atoms with Gasteiger partial charge in [0.15, 0.2) is 17.5 Å². The van der Waals surface area contributed by atoms with Crippen molar-refractivity contribution in [1.29, 1.82) is 0 Å². The molecule has 0 saturated carbocycles. The van der Waals surface area contributed by atoms with E-state index in [0.717, 1.165) is 36.0 Å². The van der Waals surface area contributed by atoms with Gasteiger partial charge in [-0.05, 0) is 24.1 Å². The van der Waals surface area contributed by atoms with Crippen molar-refractivity contribution in [3.05, 3.63) is 53.6 Å². The SMILES string of the molecule is CN=C(NCc1cccc(OC)c1OC)N1CCc2ccccc21. The molecule has 1 N–H and O–H groups in total. The first kappa shape index (κ1) is 16.2. The second-order valence-corrected chi connectivity index (χ2v) is 5.58. The summed E-state index contributed by atoms with van der Waals surface area (Å²) in [5.41, 5.74) is 3.62. The largest absolute Gasteiger partial charge is 0.493 e. The normalized spacial score (nSPS) is 13.6. The van der Waals surface area contributed by atoms with Crippen LogP contribution in [0, 0.1) is 0 Å². The van der Waals surface area contributed by atoms with Crippen LogP contribution in [0.4, 0.5) is 5.69 Å². The molecule has 2 aromatic rings. The van der Waals surface area contributed by atoms with Crippen LogP contribution in [-0.4, -0.2) is 33.8 Å². The van der Waals surface area contributed by atoms with E-state index < -0.39 is 0 Å². The number of nitrogens with zero attached hydrogens (tertiary/aromatic N) is 2. The summed E-state index contributed by atoms with van der Waals surface area (Å²) in [6.45, 7) is 1.56. The van der Waals surface area contributed by atoms with Crippen LogP contribution in [0.2, 0.25) is 0 Å². The van der Waals surface area contributed by atoms with Gasteiger partial charge in [0.2, 0.25) is 0 Å². The Morgan fingerprint density at radius 3 is 2.71 bits per heavy atom. The van der Waals surface area contributed by atoms with Crippen molar-refractivity contribution >= 4 is 11.6 Å². The molecular weight excluding hydrogens is 302 g/mol. The van der Waals surface area contributed by atoms with Gasteiger partial charge < -0.3 is 19.7 Å². The average Bonchev–Trinajstić information content (AvgIpc) is 3.06. The highest BCUT2D eigenvalue weighted by Crippen LogP contribution is 2.31. The van der Waals surface area contributed by atoms with E-state index in [1.54, 1.807) is 14.2 Å². The number of aliphatic imine (C=N–C) groups is 1. The van der Waals surface area contributed by atoms with Crippen LogP contribution in [-0.2, 0) is 13.0 Å². The van der Waals surface area contributed by atoms with Gasteiger partial charge in [-0.1, -0.05) is 30.3 Å². The Morgan fingerprint density at radius 2 is 1.96 bits per heavy atom. The zero-order chi connectivity index (χ0) is 16.9. The molecule has 3 rings (SSSR count). The number of methoxy groups -OCH3 is 2. The summed E-state index contributed by atoms with van der Waals surface area (Å²) in [7, 11) is 5.12. The molecule has 0 spiro atoms. The maximum Gasteiger partial charge on any atom is 0.198 e. The minimum atomic E-state index is 0.617. The smallest absolute Gasteiger partial charge is 0.198 e. The number of hydrogen-bond acceptors (Lipinski definition) is 3. The second-order valence-electron chi connectivity index (χ2n) is 5.58. The zero-order valence-electron chi connectivity index (χ0n) is 14.4. The molecule has 5 heteroatoms.